The van der Waals surface area contributed by atoms with Gasteiger partial charge in [-0.3, -0.25) is 0 Å². The van der Waals surface area contributed by atoms with Crippen molar-refractivity contribution in [3.63, 3.8) is 0 Å². The van der Waals surface area contributed by atoms with Crippen LogP contribution in [0.15, 0.2) is 0 Å². The van der Waals surface area contributed by atoms with Crippen LogP contribution in [0.5, 0.6) is 0 Å². The van der Waals surface area contributed by atoms with Crippen LogP contribution in [0, 0.1) is 11.8 Å². The predicted molar refractivity (Wildman–Crippen MR) is 78.9 cm³/mol. The minimum atomic E-state index is 0.517. The van der Waals surface area contributed by atoms with Crippen LogP contribution in [0.2, 0.25) is 0 Å². The molecular weight excluding hydrogens is 222 g/mol. The molecule has 0 aromatic heterocycles. The summed E-state index contributed by atoms with van der Waals surface area (Å²) in [7, 11) is 0. The molecule has 0 saturated heterocycles. The fraction of sp³-hybridized carbons (Fsp3) is 1.00. The van der Waals surface area contributed by atoms with E-state index in [2.05, 4.69) is 33.0 Å². The van der Waals surface area contributed by atoms with E-state index in [9.17, 15) is 0 Å². The zero-order valence-corrected chi connectivity index (χ0v) is 12.9. The van der Waals surface area contributed by atoms with E-state index in [1.807, 2.05) is 0 Å². The summed E-state index contributed by atoms with van der Waals surface area (Å²) in [5.74, 6) is 1.56. The SMILES string of the molecule is CCCNC(COC1CCCC(C)C1)C(C)CC. The first-order chi connectivity index (χ1) is 8.67. The molecule has 0 aliphatic heterocycles. The van der Waals surface area contributed by atoms with Crippen molar-refractivity contribution in [1.82, 2.24) is 5.32 Å². The average molecular weight is 255 g/mol. The van der Waals surface area contributed by atoms with Gasteiger partial charge in [-0.15, -0.1) is 0 Å². The van der Waals surface area contributed by atoms with Crippen LogP contribution in [-0.4, -0.2) is 25.3 Å². The van der Waals surface area contributed by atoms with E-state index in [0.717, 1.165) is 19.1 Å². The summed E-state index contributed by atoms with van der Waals surface area (Å²) in [6.45, 7) is 11.2. The van der Waals surface area contributed by atoms with Crippen molar-refractivity contribution >= 4 is 0 Å². The molecule has 1 aliphatic rings. The molecule has 0 spiro atoms. The molecule has 0 aromatic rings. The molecule has 1 rings (SSSR count). The molecule has 2 nitrogen and oxygen atoms in total. The lowest BCUT2D eigenvalue weighted by Gasteiger charge is -2.30. The van der Waals surface area contributed by atoms with E-state index in [1.54, 1.807) is 0 Å². The molecule has 2 heteroatoms. The first kappa shape index (κ1) is 16.0. The third-order valence-electron chi connectivity index (χ3n) is 4.39. The first-order valence-electron chi connectivity index (χ1n) is 8.02. The number of rotatable bonds is 8. The molecule has 1 aliphatic carbocycles. The summed E-state index contributed by atoms with van der Waals surface area (Å²) in [5.41, 5.74) is 0. The van der Waals surface area contributed by atoms with Gasteiger partial charge in [0.25, 0.3) is 0 Å². The third kappa shape index (κ3) is 5.71. The normalized spacial score (nSPS) is 28.0. The highest BCUT2D eigenvalue weighted by atomic mass is 16.5. The quantitative estimate of drug-likeness (QED) is 0.708. The predicted octanol–water partition coefficient (Wildman–Crippen LogP) is 4.00. The van der Waals surface area contributed by atoms with Crippen LogP contribution in [0.25, 0.3) is 0 Å². The van der Waals surface area contributed by atoms with Gasteiger partial charge in [0.05, 0.1) is 12.7 Å². The molecule has 1 fully saturated rings. The van der Waals surface area contributed by atoms with Crippen molar-refractivity contribution in [3.05, 3.63) is 0 Å². The number of nitrogens with one attached hydrogen (secondary N) is 1. The van der Waals surface area contributed by atoms with Crippen molar-refractivity contribution in [2.75, 3.05) is 13.2 Å². The lowest BCUT2D eigenvalue weighted by Crippen LogP contribution is -2.40. The lowest BCUT2D eigenvalue weighted by atomic mass is 9.88. The summed E-state index contributed by atoms with van der Waals surface area (Å²) in [5, 5.41) is 3.65. The van der Waals surface area contributed by atoms with Gasteiger partial charge in [-0.2, -0.15) is 0 Å². The largest absolute Gasteiger partial charge is 0.377 e. The monoisotopic (exact) mass is 255 g/mol. The van der Waals surface area contributed by atoms with Crippen LogP contribution in [0.4, 0.5) is 0 Å². The maximum absolute atomic E-state index is 6.17. The molecule has 0 radical (unpaired) electrons. The fourth-order valence-corrected chi connectivity index (χ4v) is 2.81. The first-order valence-corrected chi connectivity index (χ1v) is 8.02. The van der Waals surface area contributed by atoms with E-state index in [-0.39, 0.29) is 0 Å². The van der Waals surface area contributed by atoms with E-state index < -0.39 is 0 Å². The Bertz CT molecular complexity index is 207. The minimum absolute atomic E-state index is 0.517. The summed E-state index contributed by atoms with van der Waals surface area (Å²) < 4.78 is 6.17. The molecule has 0 amide bonds. The summed E-state index contributed by atoms with van der Waals surface area (Å²) in [4.78, 5) is 0. The van der Waals surface area contributed by atoms with Gasteiger partial charge in [0.2, 0.25) is 0 Å². The van der Waals surface area contributed by atoms with Gasteiger partial charge < -0.3 is 10.1 Å². The van der Waals surface area contributed by atoms with E-state index in [0.29, 0.717) is 18.1 Å². The molecule has 108 valence electrons. The highest BCUT2D eigenvalue weighted by Gasteiger charge is 2.22. The van der Waals surface area contributed by atoms with Crippen LogP contribution in [0.3, 0.4) is 0 Å². The van der Waals surface area contributed by atoms with Gasteiger partial charge in [-0.05, 0) is 37.6 Å². The maximum atomic E-state index is 6.17. The number of hydrogen-bond donors (Lipinski definition) is 1. The molecule has 4 unspecified atom stereocenters. The molecule has 4 atom stereocenters. The Balaban J connectivity index is 2.30. The second kappa shape index (κ2) is 8.92. The summed E-state index contributed by atoms with van der Waals surface area (Å²) >= 11 is 0. The highest BCUT2D eigenvalue weighted by Crippen LogP contribution is 2.26. The molecule has 0 aromatic carbocycles. The number of ether oxygens (including phenoxy) is 1. The van der Waals surface area contributed by atoms with E-state index in [1.165, 1.54) is 38.5 Å². The Morgan fingerprint density at radius 2 is 2.06 bits per heavy atom. The number of hydrogen-bond acceptors (Lipinski definition) is 2. The zero-order valence-electron chi connectivity index (χ0n) is 12.9. The second-order valence-corrected chi connectivity index (χ2v) is 6.17. The topological polar surface area (TPSA) is 21.3 Å². The average Bonchev–Trinajstić information content (AvgIpc) is 2.38. The maximum Gasteiger partial charge on any atom is 0.0625 e. The van der Waals surface area contributed by atoms with Crippen molar-refractivity contribution < 1.29 is 4.74 Å². The van der Waals surface area contributed by atoms with Gasteiger partial charge >= 0.3 is 0 Å². The zero-order chi connectivity index (χ0) is 13.4. The summed E-state index contributed by atoms with van der Waals surface area (Å²) in [6, 6.07) is 0.534. The van der Waals surface area contributed by atoms with Gasteiger partial charge in [-0.1, -0.05) is 47.0 Å². The molecule has 0 bridgehead atoms. The molecule has 18 heavy (non-hydrogen) atoms. The van der Waals surface area contributed by atoms with Crippen LogP contribution in [0.1, 0.15) is 66.2 Å². The minimum Gasteiger partial charge on any atom is -0.377 e. The fourth-order valence-electron chi connectivity index (χ4n) is 2.81. The van der Waals surface area contributed by atoms with Gasteiger partial charge in [0.15, 0.2) is 0 Å². The second-order valence-electron chi connectivity index (χ2n) is 6.17. The van der Waals surface area contributed by atoms with Crippen molar-refractivity contribution in [2.24, 2.45) is 11.8 Å². The molecule has 1 saturated carbocycles. The Hall–Kier alpha value is -0.0800. The third-order valence-corrected chi connectivity index (χ3v) is 4.39. The van der Waals surface area contributed by atoms with Crippen molar-refractivity contribution in [1.29, 1.82) is 0 Å². The van der Waals surface area contributed by atoms with Crippen LogP contribution < -0.4 is 5.32 Å². The van der Waals surface area contributed by atoms with Crippen molar-refractivity contribution in [2.45, 2.75) is 78.4 Å². The highest BCUT2D eigenvalue weighted by molar-refractivity contribution is 4.75. The van der Waals surface area contributed by atoms with Gasteiger partial charge in [-0.25, -0.2) is 0 Å². The lowest BCUT2D eigenvalue weighted by molar-refractivity contribution is -0.00278. The molecule has 0 heterocycles. The Kier molecular flexibility index (Phi) is 7.92. The Labute approximate surface area is 114 Å². The Morgan fingerprint density at radius 3 is 2.67 bits per heavy atom. The van der Waals surface area contributed by atoms with Gasteiger partial charge in [0, 0.05) is 6.04 Å². The van der Waals surface area contributed by atoms with Crippen LogP contribution >= 0.6 is 0 Å². The van der Waals surface area contributed by atoms with Crippen molar-refractivity contribution in [3.8, 4) is 0 Å². The van der Waals surface area contributed by atoms with Gasteiger partial charge in [0.1, 0.15) is 0 Å². The smallest absolute Gasteiger partial charge is 0.0625 e. The van der Waals surface area contributed by atoms with E-state index >= 15 is 0 Å². The Morgan fingerprint density at radius 1 is 1.28 bits per heavy atom. The molecule has 1 N–H and O–H groups in total. The van der Waals surface area contributed by atoms with E-state index in [4.69, 9.17) is 4.74 Å². The molecular formula is C16H33NO. The van der Waals surface area contributed by atoms with Crippen LogP contribution in [-0.2, 0) is 4.74 Å². The standard InChI is InChI=1S/C16H33NO/c1-5-10-17-16(14(4)6-2)12-18-15-9-7-8-13(3)11-15/h13-17H,5-12H2,1-4H3. The summed E-state index contributed by atoms with van der Waals surface area (Å²) in [6.07, 6.45) is 8.22.